The molecule has 1 aromatic carbocycles. The minimum Gasteiger partial charge on any atom is -0.387 e. The van der Waals surface area contributed by atoms with E-state index in [0.29, 0.717) is 0 Å². The van der Waals surface area contributed by atoms with Crippen molar-refractivity contribution < 1.29 is 5.11 Å². The van der Waals surface area contributed by atoms with Gasteiger partial charge in [-0.1, -0.05) is 37.3 Å². The Hall–Kier alpha value is -1.12. The smallest absolute Gasteiger partial charge is 0.0947 e. The van der Waals surface area contributed by atoms with Crippen LogP contribution in [0.1, 0.15) is 34.3 Å². The normalized spacial score (nSPS) is 14.7. The summed E-state index contributed by atoms with van der Waals surface area (Å²) in [5.74, 6) is 0.138. The molecule has 0 aliphatic heterocycles. The van der Waals surface area contributed by atoms with Gasteiger partial charge in [-0.2, -0.15) is 0 Å². The molecule has 0 saturated carbocycles. The highest BCUT2D eigenvalue weighted by Crippen LogP contribution is 2.33. The first-order chi connectivity index (χ1) is 7.68. The van der Waals surface area contributed by atoms with E-state index in [9.17, 15) is 5.11 Å². The fraction of sp³-hybridized carbons (Fsp3) is 0.286. The van der Waals surface area contributed by atoms with Crippen molar-refractivity contribution in [1.82, 2.24) is 0 Å². The zero-order valence-electron chi connectivity index (χ0n) is 9.55. The first-order valence-corrected chi connectivity index (χ1v) is 6.29. The lowest BCUT2D eigenvalue weighted by atomic mass is 9.94. The van der Waals surface area contributed by atoms with Gasteiger partial charge in [-0.15, -0.1) is 11.3 Å². The number of benzene rings is 1. The number of rotatable bonds is 3. The fourth-order valence-corrected chi connectivity index (χ4v) is 2.77. The zero-order valence-corrected chi connectivity index (χ0v) is 10.4. The topological polar surface area (TPSA) is 20.2 Å². The van der Waals surface area contributed by atoms with Gasteiger partial charge < -0.3 is 5.11 Å². The highest BCUT2D eigenvalue weighted by Gasteiger charge is 2.19. The highest BCUT2D eigenvalue weighted by molar-refractivity contribution is 7.12. The summed E-state index contributed by atoms with van der Waals surface area (Å²) in [5, 5.41) is 10.3. The second kappa shape index (κ2) is 4.81. The van der Waals surface area contributed by atoms with Gasteiger partial charge in [0.15, 0.2) is 0 Å². The van der Waals surface area contributed by atoms with E-state index in [1.807, 2.05) is 24.3 Å². The van der Waals surface area contributed by atoms with E-state index in [-0.39, 0.29) is 5.92 Å². The Morgan fingerprint density at radius 2 is 1.75 bits per heavy atom. The van der Waals surface area contributed by atoms with Gasteiger partial charge in [-0.3, -0.25) is 0 Å². The summed E-state index contributed by atoms with van der Waals surface area (Å²) in [4.78, 5) is 2.29. The van der Waals surface area contributed by atoms with Gasteiger partial charge >= 0.3 is 0 Å². The molecule has 1 heterocycles. The number of aliphatic hydroxyl groups is 1. The molecule has 1 aromatic heterocycles. The fourth-order valence-electron chi connectivity index (χ4n) is 1.80. The molecule has 2 aromatic rings. The molecule has 16 heavy (non-hydrogen) atoms. The lowest BCUT2D eigenvalue weighted by Crippen LogP contribution is -2.05. The van der Waals surface area contributed by atoms with Crippen LogP contribution in [0.5, 0.6) is 0 Å². The van der Waals surface area contributed by atoms with Gasteiger partial charge in [0.1, 0.15) is 0 Å². The maximum atomic E-state index is 10.3. The van der Waals surface area contributed by atoms with E-state index in [0.717, 1.165) is 4.88 Å². The first kappa shape index (κ1) is 11.4. The van der Waals surface area contributed by atoms with Crippen LogP contribution in [0.2, 0.25) is 0 Å². The van der Waals surface area contributed by atoms with Crippen molar-refractivity contribution >= 4 is 11.3 Å². The molecule has 0 bridgehead atoms. The van der Waals surface area contributed by atoms with Crippen LogP contribution < -0.4 is 0 Å². The number of thiophene rings is 1. The first-order valence-electron chi connectivity index (χ1n) is 5.48. The van der Waals surface area contributed by atoms with Crippen LogP contribution in [0, 0.1) is 6.92 Å². The second-order valence-corrected chi connectivity index (χ2v) is 5.41. The van der Waals surface area contributed by atoms with Crippen LogP contribution in [0.25, 0.3) is 0 Å². The van der Waals surface area contributed by atoms with E-state index < -0.39 is 6.10 Å². The maximum absolute atomic E-state index is 10.3. The van der Waals surface area contributed by atoms with Crippen molar-refractivity contribution in [2.45, 2.75) is 25.9 Å². The van der Waals surface area contributed by atoms with Crippen molar-refractivity contribution in [3.05, 3.63) is 57.8 Å². The standard InChI is InChI=1S/C14H16OS/c1-10-8-9-13(16-10)14(15)11(2)12-6-4-3-5-7-12/h3-9,11,14-15H,1-2H3. The monoisotopic (exact) mass is 232 g/mol. The minimum absolute atomic E-state index is 0.138. The predicted octanol–water partition coefficient (Wildman–Crippen LogP) is 3.89. The molecule has 0 aliphatic carbocycles. The third-order valence-corrected chi connectivity index (χ3v) is 3.92. The van der Waals surface area contributed by atoms with E-state index >= 15 is 0 Å². The number of hydrogen-bond acceptors (Lipinski definition) is 2. The SMILES string of the molecule is Cc1ccc(C(O)C(C)c2ccccc2)s1. The van der Waals surface area contributed by atoms with Crippen molar-refractivity contribution in [1.29, 1.82) is 0 Å². The van der Waals surface area contributed by atoms with Gasteiger partial charge in [0.25, 0.3) is 0 Å². The molecule has 0 saturated heterocycles. The molecule has 0 aliphatic rings. The largest absolute Gasteiger partial charge is 0.387 e. The number of hydrogen-bond donors (Lipinski definition) is 1. The Morgan fingerprint density at radius 1 is 1.06 bits per heavy atom. The third-order valence-electron chi connectivity index (χ3n) is 2.85. The molecule has 0 spiro atoms. The van der Waals surface area contributed by atoms with E-state index in [1.165, 1.54) is 10.4 Å². The molecule has 0 radical (unpaired) electrons. The van der Waals surface area contributed by atoms with Crippen molar-refractivity contribution in [3.63, 3.8) is 0 Å². The average Bonchev–Trinajstić information content (AvgIpc) is 2.75. The summed E-state index contributed by atoms with van der Waals surface area (Å²) in [6, 6.07) is 14.2. The van der Waals surface area contributed by atoms with Gasteiger partial charge in [-0.05, 0) is 24.6 Å². The molecule has 2 unspecified atom stereocenters. The number of aliphatic hydroxyl groups excluding tert-OH is 1. The Bertz CT molecular complexity index is 447. The van der Waals surface area contributed by atoms with Crippen molar-refractivity contribution in [3.8, 4) is 0 Å². The molecule has 2 atom stereocenters. The summed E-state index contributed by atoms with van der Waals surface area (Å²) in [5.41, 5.74) is 1.18. The van der Waals surface area contributed by atoms with Gasteiger partial charge in [0.2, 0.25) is 0 Å². The van der Waals surface area contributed by atoms with Crippen LogP contribution >= 0.6 is 11.3 Å². The van der Waals surface area contributed by atoms with Crippen LogP contribution in [0.4, 0.5) is 0 Å². The van der Waals surface area contributed by atoms with E-state index in [2.05, 4.69) is 32.0 Å². The third kappa shape index (κ3) is 2.34. The minimum atomic E-state index is -0.402. The maximum Gasteiger partial charge on any atom is 0.0947 e. The Kier molecular flexibility index (Phi) is 3.42. The van der Waals surface area contributed by atoms with Crippen molar-refractivity contribution in [2.24, 2.45) is 0 Å². The van der Waals surface area contributed by atoms with Gasteiger partial charge in [0.05, 0.1) is 6.10 Å². The van der Waals surface area contributed by atoms with Gasteiger partial charge in [-0.25, -0.2) is 0 Å². The van der Waals surface area contributed by atoms with E-state index in [4.69, 9.17) is 0 Å². The number of aryl methyl sites for hydroxylation is 1. The summed E-state index contributed by atoms with van der Waals surface area (Å²) < 4.78 is 0. The molecule has 2 rings (SSSR count). The summed E-state index contributed by atoms with van der Waals surface area (Å²) in [6.07, 6.45) is -0.402. The molecular weight excluding hydrogens is 216 g/mol. The molecular formula is C14H16OS. The van der Waals surface area contributed by atoms with Crippen LogP contribution in [-0.2, 0) is 0 Å². The van der Waals surface area contributed by atoms with Crippen LogP contribution in [-0.4, -0.2) is 5.11 Å². The second-order valence-electron chi connectivity index (χ2n) is 4.09. The van der Waals surface area contributed by atoms with Crippen LogP contribution in [0.15, 0.2) is 42.5 Å². The molecule has 0 amide bonds. The molecule has 1 N–H and O–H groups in total. The quantitative estimate of drug-likeness (QED) is 0.851. The zero-order chi connectivity index (χ0) is 11.5. The average molecular weight is 232 g/mol. The van der Waals surface area contributed by atoms with Gasteiger partial charge in [0, 0.05) is 15.7 Å². The molecule has 1 nitrogen and oxygen atoms in total. The lowest BCUT2D eigenvalue weighted by molar-refractivity contribution is 0.155. The Morgan fingerprint density at radius 3 is 2.31 bits per heavy atom. The van der Waals surface area contributed by atoms with Crippen molar-refractivity contribution in [2.75, 3.05) is 0 Å². The van der Waals surface area contributed by atoms with Crippen LogP contribution in [0.3, 0.4) is 0 Å². The van der Waals surface area contributed by atoms with E-state index in [1.54, 1.807) is 11.3 Å². The summed E-state index contributed by atoms with van der Waals surface area (Å²) >= 11 is 1.67. The highest BCUT2D eigenvalue weighted by atomic mass is 32.1. The summed E-state index contributed by atoms with van der Waals surface area (Å²) in [7, 11) is 0. The Labute approximate surface area is 100 Å². The lowest BCUT2D eigenvalue weighted by Gasteiger charge is -2.17. The molecule has 84 valence electrons. The summed E-state index contributed by atoms with van der Waals surface area (Å²) in [6.45, 7) is 4.13. The Balaban J connectivity index is 2.19. The predicted molar refractivity (Wildman–Crippen MR) is 68.9 cm³/mol. The molecule has 2 heteroatoms. The molecule has 0 fully saturated rings.